The van der Waals surface area contributed by atoms with Crippen molar-refractivity contribution in [2.45, 2.75) is 19.3 Å². The first-order chi connectivity index (χ1) is 14.8. The number of carbonyl (C=O) groups excluding carboxylic acids is 1. The van der Waals surface area contributed by atoms with Crippen LogP contribution in [-0.4, -0.2) is 24.0 Å². The Kier molecular flexibility index (Phi) is 6.31. The lowest BCUT2D eigenvalue weighted by molar-refractivity contribution is -0.143. The zero-order valence-electron chi connectivity index (χ0n) is 16.4. The summed E-state index contributed by atoms with van der Waals surface area (Å²) in [5.74, 6) is -1.67. The van der Waals surface area contributed by atoms with Crippen LogP contribution in [0.15, 0.2) is 30.5 Å². The molecular formula is C19H14F7N3O2S. The highest BCUT2D eigenvalue weighted by Crippen LogP contribution is 2.47. The standard InChI is InChI=1S/C19H14F7N3O2S/c1-9-13(20)3-4-15(28-9)29(2)17(30)31-16-11(14-7-27-8-32-14)5-10(18(21,22)23)6-12(16)19(24,25)26/h3-7,27H,8H2,1-2H3. The Hall–Kier alpha value is -2.96. The number of benzene rings is 1. The van der Waals surface area contributed by atoms with Gasteiger partial charge in [-0.1, -0.05) is 0 Å². The summed E-state index contributed by atoms with van der Waals surface area (Å²) < 4.78 is 99.3. The van der Waals surface area contributed by atoms with Crippen molar-refractivity contribution in [2.24, 2.45) is 0 Å². The van der Waals surface area contributed by atoms with Crippen LogP contribution in [0.5, 0.6) is 5.75 Å². The minimum absolute atomic E-state index is 0.0304. The van der Waals surface area contributed by atoms with Crippen molar-refractivity contribution < 1.29 is 40.3 Å². The molecule has 1 aliphatic rings. The second-order valence-electron chi connectivity index (χ2n) is 6.56. The minimum atomic E-state index is -5.26. The molecule has 172 valence electrons. The zero-order valence-corrected chi connectivity index (χ0v) is 17.2. The lowest BCUT2D eigenvalue weighted by Gasteiger charge is -2.22. The Morgan fingerprint density at radius 1 is 1.16 bits per heavy atom. The van der Waals surface area contributed by atoms with Gasteiger partial charge >= 0.3 is 18.4 Å². The van der Waals surface area contributed by atoms with E-state index in [1.54, 1.807) is 0 Å². The number of hydrogen-bond acceptors (Lipinski definition) is 5. The van der Waals surface area contributed by atoms with Crippen LogP contribution in [0, 0.1) is 12.7 Å². The summed E-state index contributed by atoms with van der Waals surface area (Å²) in [7, 11) is 1.12. The summed E-state index contributed by atoms with van der Waals surface area (Å²) in [6.45, 7) is 1.31. The van der Waals surface area contributed by atoms with Crippen LogP contribution in [0.4, 0.5) is 41.3 Å². The molecule has 0 radical (unpaired) electrons. The van der Waals surface area contributed by atoms with Gasteiger partial charge in [0.05, 0.1) is 22.7 Å². The normalized spacial score (nSPS) is 14.1. The number of hydrogen-bond donors (Lipinski definition) is 1. The van der Waals surface area contributed by atoms with Gasteiger partial charge in [-0.05, 0) is 31.2 Å². The van der Waals surface area contributed by atoms with E-state index in [1.165, 1.54) is 13.1 Å². The van der Waals surface area contributed by atoms with E-state index >= 15 is 0 Å². The number of pyridine rings is 1. The van der Waals surface area contributed by atoms with Gasteiger partial charge in [0.15, 0.2) is 5.75 Å². The monoisotopic (exact) mass is 481 g/mol. The minimum Gasteiger partial charge on any atom is -0.409 e. The predicted octanol–water partition coefficient (Wildman–Crippen LogP) is 5.79. The highest BCUT2D eigenvalue weighted by molar-refractivity contribution is 8.08. The van der Waals surface area contributed by atoms with Crippen molar-refractivity contribution in [2.75, 3.05) is 17.8 Å². The molecule has 1 amide bonds. The van der Waals surface area contributed by atoms with Crippen molar-refractivity contribution in [3.63, 3.8) is 0 Å². The number of halogens is 7. The molecule has 0 bridgehead atoms. The van der Waals surface area contributed by atoms with Crippen molar-refractivity contribution in [3.05, 3.63) is 58.7 Å². The fraction of sp³-hybridized carbons (Fsp3) is 0.263. The van der Waals surface area contributed by atoms with E-state index in [0.717, 1.165) is 30.9 Å². The number of aryl methyl sites for hydroxylation is 1. The largest absolute Gasteiger partial charge is 0.420 e. The summed E-state index contributed by atoms with van der Waals surface area (Å²) in [5.41, 5.74) is -3.93. The molecule has 0 atom stereocenters. The lowest BCUT2D eigenvalue weighted by Crippen LogP contribution is -2.31. The maximum absolute atomic E-state index is 13.7. The molecule has 0 saturated heterocycles. The second-order valence-corrected chi connectivity index (χ2v) is 7.58. The van der Waals surface area contributed by atoms with Gasteiger partial charge in [0, 0.05) is 23.7 Å². The first kappa shape index (κ1) is 23.7. The molecule has 3 rings (SSSR count). The van der Waals surface area contributed by atoms with Crippen molar-refractivity contribution >= 4 is 28.6 Å². The summed E-state index contributed by atoms with van der Waals surface area (Å²) >= 11 is 0.940. The maximum atomic E-state index is 13.7. The molecule has 1 aromatic carbocycles. The molecule has 5 nitrogen and oxygen atoms in total. The van der Waals surface area contributed by atoms with E-state index < -0.39 is 46.7 Å². The fourth-order valence-electron chi connectivity index (χ4n) is 2.71. The number of nitrogens with one attached hydrogen (secondary N) is 1. The SMILES string of the molecule is Cc1nc(N(C)C(=O)Oc2c(C3=CNCS3)cc(C(F)(F)F)cc2C(F)(F)F)ccc1F. The molecule has 0 spiro atoms. The number of thioether (sulfide) groups is 1. The van der Waals surface area contributed by atoms with Crippen LogP contribution in [0.1, 0.15) is 22.4 Å². The molecule has 0 saturated carbocycles. The molecule has 0 fully saturated rings. The summed E-state index contributed by atoms with van der Waals surface area (Å²) in [5, 5.41) is 2.67. The van der Waals surface area contributed by atoms with Gasteiger partial charge in [0.25, 0.3) is 0 Å². The lowest BCUT2D eigenvalue weighted by atomic mass is 10.0. The Bertz CT molecular complexity index is 1080. The molecular weight excluding hydrogens is 467 g/mol. The number of alkyl halides is 6. The third-order valence-corrected chi connectivity index (χ3v) is 5.30. The van der Waals surface area contributed by atoms with Crippen LogP contribution in [-0.2, 0) is 12.4 Å². The summed E-state index contributed by atoms with van der Waals surface area (Å²) in [4.78, 5) is 17.1. The van der Waals surface area contributed by atoms with Crippen molar-refractivity contribution in [3.8, 4) is 5.75 Å². The third kappa shape index (κ3) is 4.92. The topological polar surface area (TPSA) is 54.5 Å². The van der Waals surface area contributed by atoms with E-state index in [2.05, 4.69) is 10.3 Å². The second kappa shape index (κ2) is 8.52. The first-order valence-corrected chi connectivity index (χ1v) is 9.75. The van der Waals surface area contributed by atoms with Crippen LogP contribution < -0.4 is 15.0 Å². The Morgan fingerprint density at radius 3 is 2.38 bits per heavy atom. The smallest absolute Gasteiger partial charge is 0.409 e. The van der Waals surface area contributed by atoms with Crippen molar-refractivity contribution in [1.29, 1.82) is 0 Å². The van der Waals surface area contributed by atoms with E-state index in [0.29, 0.717) is 11.0 Å². The maximum Gasteiger partial charge on any atom is 0.420 e. The van der Waals surface area contributed by atoms with E-state index in [1.807, 2.05) is 0 Å². The molecule has 0 aliphatic carbocycles. The van der Waals surface area contributed by atoms with Gasteiger partial charge in [-0.2, -0.15) is 26.3 Å². The van der Waals surface area contributed by atoms with Gasteiger partial charge in [0.1, 0.15) is 11.6 Å². The average Bonchev–Trinajstić information content (AvgIpc) is 3.22. The van der Waals surface area contributed by atoms with Crippen molar-refractivity contribution in [1.82, 2.24) is 10.3 Å². The molecule has 1 aromatic heterocycles. The Balaban J connectivity index is 2.10. The zero-order chi connectivity index (χ0) is 23.8. The Morgan fingerprint density at radius 2 is 1.84 bits per heavy atom. The number of anilines is 1. The van der Waals surface area contributed by atoms with Gasteiger partial charge in [-0.15, -0.1) is 11.8 Å². The van der Waals surface area contributed by atoms with Crippen LogP contribution in [0.2, 0.25) is 0 Å². The summed E-state index contributed by atoms with van der Waals surface area (Å²) in [6, 6.07) is 2.48. The van der Waals surface area contributed by atoms with Gasteiger partial charge < -0.3 is 10.1 Å². The number of ether oxygens (including phenoxy) is 1. The van der Waals surface area contributed by atoms with Gasteiger partial charge in [-0.25, -0.2) is 14.2 Å². The number of rotatable bonds is 3. The van der Waals surface area contributed by atoms with Crippen LogP contribution in [0.25, 0.3) is 4.91 Å². The average molecular weight is 481 g/mol. The molecule has 0 unspecified atom stereocenters. The van der Waals surface area contributed by atoms with E-state index in [9.17, 15) is 35.5 Å². The molecule has 32 heavy (non-hydrogen) atoms. The molecule has 2 aromatic rings. The van der Waals surface area contributed by atoms with E-state index in [-0.39, 0.29) is 28.4 Å². The fourth-order valence-corrected chi connectivity index (χ4v) is 3.51. The number of carbonyl (C=O) groups is 1. The number of aromatic nitrogens is 1. The quantitative estimate of drug-likeness (QED) is 0.563. The molecule has 2 heterocycles. The summed E-state index contributed by atoms with van der Waals surface area (Å²) in [6.07, 6.45) is -10.5. The molecule has 13 heteroatoms. The Labute approximate surface area is 181 Å². The third-order valence-electron chi connectivity index (χ3n) is 4.34. The molecule has 1 N–H and O–H groups in total. The number of nitrogens with zero attached hydrogens (tertiary/aromatic N) is 2. The van der Waals surface area contributed by atoms with Gasteiger partial charge in [-0.3, -0.25) is 4.90 Å². The van der Waals surface area contributed by atoms with Crippen LogP contribution >= 0.6 is 11.8 Å². The van der Waals surface area contributed by atoms with Gasteiger partial charge in [0.2, 0.25) is 0 Å². The highest BCUT2D eigenvalue weighted by Gasteiger charge is 2.42. The predicted molar refractivity (Wildman–Crippen MR) is 103 cm³/mol. The first-order valence-electron chi connectivity index (χ1n) is 8.77. The molecule has 1 aliphatic heterocycles. The van der Waals surface area contributed by atoms with Crippen LogP contribution in [0.3, 0.4) is 0 Å². The highest BCUT2D eigenvalue weighted by atomic mass is 32.2. The van der Waals surface area contributed by atoms with E-state index in [4.69, 9.17) is 4.74 Å². The number of amides is 1.